The molecule has 0 spiro atoms. The summed E-state index contributed by atoms with van der Waals surface area (Å²) in [4.78, 5) is 11.5. The van der Waals surface area contributed by atoms with Gasteiger partial charge in [-0.25, -0.2) is 4.39 Å². The number of rotatable bonds is 4. The van der Waals surface area contributed by atoms with Crippen LogP contribution in [0.3, 0.4) is 0 Å². The van der Waals surface area contributed by atoms with E-state index < -0.39 is 5.82 Å². The molecule has 0 atom stereocenters. The first kappa shape index (κ1) is 12.1. The molecular weight excluding hydrogens is 217 g/mol. The average molecular weight is 230 g/mol. The van der Waals surface area contributed by atoms with E-state index in [0.717, 1.165) is 6.07 Å². The third-order valence-electron chi connectivity index (χ3n) is 1.90. The molecule has 0 saturated carbocycles. The van der Waals surface area contributed by atoms with Crippen molar-refractivity contribution in [2.24, 2.45) is 0 Å². The minimum atomic E-state index is -0.571. The first-order chi connectivity index (χ1) is 7.00. The van der Waals surface area contributed by atoms with Gasteiger partial charge in [-0.3, -0.25) is 4.79 Å². The Bertz CT molecular complexity index is 366. The summed E-state index contributed by atoms with van der Waals surface area (Å²) in [7, 11) is 0. The van der Waals surface area contributed by atoms with Crippen LogP contribution in [0.4, 0.5) is 4.39 Å². The number of halogens is 2. The Balaban J connectivity index is 2.74. The molecule has 15 heavy (non-hydrogen) atoms. The lowest BCUT2D eigenvalue weighted by Gasteiger charge is -2.07. The smallest absolute Gasteiger partial charge is 0.179 e. The van der Waals surface area contributed by atoms with Gasteiger partial charge in [-0.1, -0.05) is 25.4 Å². The van der Waals surface area contributed by atoms with Gasteiger partial charge in [0.1, 0.15) is 5.82 Å². The van der Waals surface area contributed by atoms with Crippen LogP contribution in [0.1, 0.15) is 24.2 Å². The molecule has 0 aliphatic heterocycles. The van der Waals surface area contributed by atoms with Gasteiger partial charge in [-0.2, -0.15) is 0 Å². The SMILES string of the molecule is CC(C)NCC(=O)c1ccc(Cl)cc1F. The van der Waals surface area contributed by atoms with E-state index >= 15 is 0 Å². The molecule has 1 rings (SSSR count). The molecular formula is C11H13ClFNO. The molecule has 0 aliphatic rings. The van der Waals surface area contributed by atoms with Gasteiger partial charge in [0.25, 0.3) is 0 Å². The van der Waals surface area contributed by atoms with Crippen molar-refractivity contribution in [3.8, 4) is 0 Å². The van der Waals surface area contributed by atoms with Crippen LogP contribution < -0.4 is 5.32 Å². The van der Waals surface area contributed by atoms with Crippen LogP contribution in [0.2, 0.25) is 5.02 Å². The average Bonchev–Trinajstić information content (AvgIpc) is 2.14. The number of carbonyl (C=O) groups excluding carboxylic acids is 1. The van der Waals surface area contributed by atoms with Crippen LogP contribution in [-0.2, 0) is 0 Å². The monoisotopic (exact) mass is 229 g/mol. The zero-order valence-corrected chi connectivity index (χ0v) is 9.44. The third-order valence-corrected chi connectivity index (χ3v) is 2.14. The lowest BCUT2D eigenvalue weighted by molar-refractivity contribution is 0.0984. The molecule has 0 fully saturated rings. The van der Waals surface area contributed by atoms with Crippen molar-refractivity contribution in [1.29, 1.82) is 0 Å². The van der Waals surface area contributed by atoms with E-state index in [-0.39, 0.29) is 23.9 Å². The molecule has 0 aliphatic carbocycles. The van der Waals surface area contributed by atoms with Gasteiger partial charge in [0.2, 0.25) is 0 Å². The van der Waals surface area contributed by atoms with Crippen molar-refractivity contribution in [1.82, 2.24) is 5.32 Å². The minimum absolute atomic E-state index is 0.0764. The van der Waals surface area contributed by atoms with Gasteiger partial charge in [0.05, 0.1) is 12.1 Å². The van der Waals surface area contributed by atoms with Crippen LogP contribution >= 0.6 is 11.6 Å². The van der Waals surface area contributed by atoms with Crippen LogP contribution in [0.5, 0.6) is 0 Å². The van der Waals surface area contributed by atoms with Crippen LogP contribution in [-0.4, -0.2) is 18.4 Å². The quantitative estimate of drug-likeness (QED) is 0.805. The maximum Gasteiger partial charge on any atom is 0.179 e. The largest absolute Gasteiger partial charge is 0.307 e. The maximum absolute atomic E-state index is 13.3. The topological polar surface area (TPSA) is 29.1 Å². The molecule has 0 amide bonds. The predicted octanol–water partition coefficient (Wildman–Crippen LogP) is 2.66. The fourth-order valence-corrected chi connectivity index (χ4v) is 1.27. The molecule has 1 aromatic carbocycles. The summed E-state index contributed by atoms with van der Waals surface area (Å²) < 4.78 is 13.3. The van der Waals surface area contributed by atoms with E-state index in [1.165, 1.54) is 12.1 Å². The first-order valence-corrected chi connectivity index (χ1v) is 5.10. The molecule has 0 unspecified atom stereocenters. The highest BCUT2D eigenvalue weighted by atomic mass is 35.5. The molecule has 1 N–H and O–H groups in total. The van der Waals surface area contributed by atoms with E-state index in [1.54, 1.807) is 0 Å². The summed E-state index contributed by atoms with van der Waals surface area (Å²) in [5.74, 6) is -0.837. The van der Waals surface area contributed by atoms with Gasteiger partial charge in [0, 0.05) is 11.1 Å². The summed E-state index contributed by atoms with van der Waals surface area (Å²) in [5, 5.41) is 3.23. The van der Waals surface area contributed by atoms with Crippen LogP contribution in [0.15, 0.2) is 18.2 Å². The van der Waals surface area contributed by atoms with Gasteiger partial charge < -0.3 is 5.32 Å². The molecule has 4 heteroatoms. The van der Waals surface area contributed by atoms with Crippen molar-refractivity contribution >= 4 is 17.4 Å². The Kier molecular flexibility index (Phi) is 4.24. The molecule has 2 nitrogen and oxygen atoms in total. The van der Waals surface area contributed by atoms with Crippen molar-refractivity contribution in [3.63, 3.8) is 0 Å². The number of hydrogen-bond acceptors (Lipinski definition) is 2. The Morgan fingerprint density at radius 2 is 2.20 bits per heavy atom. The number of carbonyl (C=O) groups is 1. The fraction of sp³-hybridized carbons (Fsp3) is 0.364. The lowest BCUT2D eigenvalue weighted by atomic mass is 10.1. The van der Waals surface area contributed by atoms with Crippen LogP contribution in [0, 0.1) is 5.82 Å². The zero-order chi connectivity index (χ0) is 11.4. The Morgan fingerprint density at radius 3 is 2.73 bits per heavy atom. The summed E-state index contributed by atoms with van der Waals surface area (Å²) >= 11 is 5.58. The Hall–Kier alpha value is -0.930. The molecule has 0 saturated heterocycles. The number of benzene rings is 1. The molecule has 1 aromatic rings. The van der Waals surface area contributed by atoms with E-state index in [9.17, 15) is 9.18 Å². The number of hydrogen-bond donors (Lipinski definition) is 1. The summed E-state index contributed by atoms with van der Waals surface area (Å²) in [6.07, 6.45) is 0. The van der Waals surface area contributed by atoms with Crippen LogP contribution in [0.25, 0.3) is 0 Å². The molecule has 0 bridgehead atoms. The van der Waals surface area contributed by atoms with Gasteiger partial charge >= 0.3 is 0 Å². The highest BCUT2D eigenvalue weighted by Gasteiger charge is 2.11. The standard InChI is InChI=1S/C11H13ClFNO/c1-7(2)14-6-11(15)9-4-3-8(12)5-10(9)13/h3-5,7,14H,6H2,1-2H3. The summed E-state index contributed by atoms with van der Waals surface area (Å²) in [6.45, 7) is 3.98. The number of Topliss-reactive ketones (excluding diaryl/α,β-unsaturated/α-hetero) is 1. The number of ketones is 1. The highest BCUT2D eigenvalue weighted by molar-refractivity contribution is 6.30. The van der Waals surface area contributed by atoms with Crippen molar-refractivity contribution in [2.75, 3.05) is 6.54 Å². The molecule has 82 valence electrons. The first-order valence-electron chi connectivity index (χ1n) is 4.72. The third kappa shape index (κ3) is 3.61. The molecule has 0 heterocycles. The minimum Gasteiger partial charge on any atom is -0.307 e. The van der Waals surface area contributed by atoms with E-state index in [0.29, 0.717) is 5.02 Å². The molecule has 0 aromatic heterocycles. The van der Waals surface area contributed by atoms with Gasteiger partial charge in [-0.05, 0) is 18.2 Å². The van der Waals surface area contributed by atoms with Crippen molar-refractivity contribution < 1.29 is 9.18 Å². The number of nitrogens with one attached hydrogen (secondary N) is 1. The highest BCUT2D eigenvalue weighted by Crippen LogP contribution is 2.14. The summed E-state index contributed by atoms with van der Waals surface area (Å²) in [5.41, 5.74) is 0.0764. The lowest BCUT2D eigenvalue weighted by Crippen LogP contribution is -2.29. The predicted molar refractivity (Wildman–Crippen MR) is 58.9 cm³/mol. The second-order valence-electron chi connectivity index (χ2n) is 3.58. The van der Waals surface area contributed by atoms with Crippen molar-refractivity contribution in [3.05, 3.63) is 34.6 Å². The second kappa shape index (κ2) is 5.24. The van der Waals surface area contributed by atoms with E-state index in [1.807, 2.05) is 13.8 Å². The Labute approximate surface area is 93.4 Å². The maximum atomic E-state index is 13.3. The van der Waals surface area contributed by atoms with Gasteiger partial charge in [0.15, 0.2) is 5.78 Å². The zero-order valence-electron chi connectivity index (χ0n) is 8.68. The van der Waals surface area contributed by atoms with E-state index in [4.69, 9.17) is 11.6 Å². The van der Waals surface area contributed by atoms with Gasteiger partial charge in [-0.15, -0.1) is 0 Å². The normalized spacial score (nSPS) is 10.7. The summed E-state index contributed by atoms with van der Waals surface area (Å²) in [6, 6.07) is 4.25. The second-order valence-corrected chi connectivity index (χ2v) is 4.02. The fourth-order valence-electron chi connectivity index (χ4n) is 1.11. The Morgan fingerprint density at radius 1 is 1.53 bits per heavy atom. The van der Waals surface area contributed by atoms with Crippen molar-refractivity contribution in [2.45, 2.75) is 19.9 Å². The molecule has 0 radical (unpaired) electrons. The van der Waals surface area contributed by atoms with E-state index in [2.05, 4.69) is 5.32 Å².